The zero-order chi connectivity index (χ0) is 21.0. The largest absolute Gasteiger partial charge is 0.312 e. The zero-order valence-corrected chi connectivity index (χ0v) is 18.8. The van der Waals surface area contributed by atoms with Crippen molar-refractivity contribution in [1.82, 2.24) is 20.2 Å². The average Bonchev–Trinajstić information content (AvgIpc) is 3.17. The highest BCUT2D eigenvalue weighted by molar-refractivity contribution is 7.98. The second-order valence-corrected chi connectivity index (χ2v) is 8.95. The van der Waals surface area contributed by atoms with E-state index in [1.165, 1.54) is 57.8 Å². The topological polar surface area (TPSA) is 72.2 Å². The van der Waals surface area contributed by atoms with Crippen LogP contribution in [0.1, 0.15) is 86.6 Å². The maximum absolute atomic E-state index is 12.5. The Morgan fingerprint density at radius 2 is 1.60 bits per heavy atom. The molecule has 1 N–H and O–H groups in total. The summed E-state index contributed by atoms with van der Waals surface area (Å²) in [6, 6.07) is 7.70. The Morgan fingerprint density at radius 1 is 1.00 bits per heavy atom. The summed E-state index contributed by atoms with van der Waals surface area (Å²) in [5, 5.41) is 13.3. The molecule has 1 aliphatic rings. The first kappa shape index (κ1) is 22.5. The fourth-order valence-corrected chi connectivity index (χ4v) is 4.47. The van der Waals surface area contributed by atoms with E-state index in [9.17, 15) is 4.79 Å². The number of nitrogens with one attached hydrogen (secondary N) is 1. The maximum Gasteiger partial charge on any atom is 0.271 e. The zero-order valence-electron chi connectivity index (χ0n) is 18.0. The van der Waals surface area contributed by atoms with Gasteiger partial charge in [0, 0.05) is 24.1 Å². The van der Waals surface area contributed by atoms with Crippen molar-refractivity contribution in [3.05, 3.63) is 41.7 Å². The number of amides is 1. The monoisotopic (exact) mass is 427 g/mol. The van der Waals surface area contributed by atoms with Crippen molar-refractivity contribution in [2.45, 2.75) is 81.5 Å². The van der Waals surface area contributed by atoms with Gasteiger partial charge in [-0.3, -0.25) is 4.79 Å². The van der Waals surface area contributed by atoms with Gasteiger partial charge in [0.25, 0.3) is 5.91 Å². The summed E-state index contributed by atoms with van der Waals surface area (Å²) in [5.41, 5.74) is 5.71. The Labute approximate surface area is 183 Å². The predicted octanol–water partition coefficient (Wildman–Crippen LogP) is 5.50. The normalized spacial score (nSPS) is 16.4. The van der Waals surface area contributed by atoms with Gasteiger partial charge in [0.05, 0.1) is 0 Å². The van der Waals surface area contributed by atoms with Crippen LogP contribution >= 0.6 is 11.8 Å². The van der Waals surface area contributed by atoms with Gasteiger partial charge in [0.2, 0.25) is 0 Å². The standard InChI is InChI=1S/C23H33N5OS/c1-28-18-24-27-23(28)30-17-19-13-15-20(16-14-19)22(29)26-25-21-11-9-7-5-3-2-4-6-8-10-12-21/h13-16,18H,2-12,17H2,1H3,(H,26,29). The number of thioether (sulfide) groups is 1. The van der Waals surface area contributed by atoms with Gasteiger partial charge in [0.15, 0.2) is 5.16 Å². The molecule has 0 unspecified atom stereocenters. The van der Waals surface area contributed by atoms with Crippen molar-refractivity contribution in [3.8, 4) is 0 Å². The average molecular weight is 428 g/mol. The Hall–Kier alpha value is -2.15. The summed E-state index contributed by atoms with van der Waals surface area (Å²) < 4.78 is 1.90. The van der Waals surface area contributed by atoms with Crippen LogP contribution in [0.4, 0.5) is 0 Å². The summed E-state index contributed by atoms with van der Waals surface area (Å²) in [4.78, 5) is 12.5. The van der Waals surface area contributed by atoms with E-state index in [2.05, 4.69) is 20.7 Å². The minimum Gasteiger partial charge on any atom is -0.312 e. The number of rotatable bonds is 5. The van der Waals surface area contributed by atoms with Crippen molar-refractivity contribution in [2.24, 2.45) is 12.1 Å². The van der Waals surface area contributed by atoms with Crippen molar-refractivity contribution in [2.75, 3.05) is 0 Å². The van der Waals surface area contributed by atoms with Gasteiger partial charge < -0.3 is 4.57 Å². The smallest absolute Gasteiger partial charge is 0.271 e. The number of aryl methyl sites for hydroxylation is 1. The highest BCUT2D eigenvalue weighted by atomic mass is 32.2. The van der Waals surface area contributed by atoms with Gasteiger partial charge in [-0.15, -0.1) is 10.2 Å². The molecule has 6 nitrogen and oxygen atoms in total. The Kier molecular flexibility index (Phi) is 9.41. The molecule has 0 radical (unpaired) electrons. The number of hydrogen-bond donors (Lipinski definition) is 1. The third-order valence-electron chi connectivity index (χ3n) is 5.50. The molecule has 0 spiro atoms. The highest BCUT2D eigenvalue weighted by Gasteiger charge is 2.08. The van der Waals surface area contributed by atoms with Crippen molar-refractivity contribution >= 4 is 23.4 Å². The number of aromatic nitrogens is 3. The molecule has 1 heterocycles. The number of benzene rings is 1. The molecular weight excluding hydrogens is 394 g/mol. The fourth-order valence-electron chi connectivity index (χ4n) is 3.63. The lowest BCUT2D eigenvalue weighted by Crippen LogP contribution is -2.20. The lowest BCUT2D eigenvalue weighted by Gasteiger charge is -2.10. The Bertz CT molecular complexity index is 801. The first-order valence-corrected chi connectivity index (χ1v) is 12.1. The van der Waals surface area contributed by atoms with Crippen molar-refractivity contribution < 1.29 is 4.79 Å². The number of nitrogens with zero attached hydrogens (tertiary/aromatic N) is 4. The molecule has 30 heavy (non-hydrogen) atoms. The molecule has 7 heteroatoms. The molecule has 1 fully saturated rings. The van der Waals surface area contributed by atoms with E-state index in [0.29, 0.717) is 5.56 Å². The summed E-state index contributed by atoms with van der Waals surface area (Å²) >= 11 is 1.63. The third kappa shape index (κ3) is 7.59. The van der Waals surface area contributed by atoms with E-state index in [-0.39, 0.29) is 5.91 Å². The van der Waals surface area contributed by atoms with Crippen LogP contribution in [0.15, 0.2) is 40.9 Å². The van der Waals surface area contributed by atoms with Crippen LogP contribution < -0.4 is 5.43 Å². The van der Waals surface area contributed by atoms with Crippen molar-refractivity contribution in [1.29, 1.82) is 0 Å². The van der Waals surface area contributed by atoms with E-state index in [0.717, 1.165) is 35.0 Å². The van der Waals surface area contributed by atoms with Crippen LogP contribution in [0.2, 0.25) is 0 Å². The molecule has 1 aromatic heterocycles. The molecule has 0 bridgehead atoms. The molecule has 1 amide bonds. The summed E-state index contributed by atoms with van der Waals surface area (Å²) in [6.45, 7) is 0. The lowest BCUT2D eigenvalue weighted by molar-refractivity contribution is 0.0954. The summed E-state index contributed by atoms with van der Waals surface area (Å²) in [5.74, 6) is 0.651. The SMILES string of the molecule is Cn1cnnc1SCc1ccc(C(=O)NN=C2CCCCCCCCCCC2)cc1. The number of hydrogen-bond acceptors (Lipinski definition) is 5. The second kappa shape index (κ2) is 12.5. The first-order valence-electron chi connectivity index (χ1n) is 11.1. The Morgan fingerprint density at radius 3 is 2.17 bits per heavy atom. The van der Waals surface area contributed by atoms with Gasteiger partial charge in [-0.25, -0.2) is 5.43 Å². The third-order valence-corrected chi connectivity index (χ3v) is 6.61. The van der Waals surface area contributed by atoms with E-state index < -0.39 is 0 Å². The molecule has 0 atom stereocenters. The lowest BCUT2D eigenvalue weighted by atomic mass is 10.00. The molecule has 3 rings (SSSR count). The number of hydrazone groups is 1. The quantitative estimate of drug-likeness (QED) is 0.505. The minimum atomic E-state index is -0.138. The maximum atomic E-state index is 12.5. The molecule has 1 saturated carbocycles. The molecule has 162 valence electrons. The first-order chi connectivity index (χ1) is 14.7. The second-order valence-electron chi connectivity index (χ2n) is 8.01. The van der Waals surface area contributed by atoms with Crippen LogP contribution in [-0.4, -0.2) is 26.4 Å². The Balaban J connectivity index is 1.50. The summed E-state index contributed by atoms with van der Waals surface area (Å²) in [6.07, 6.45) is 15.3. The molecule has 1 aliphatic carbocycles. The van der Waals surface area contributed by atoms with Crippen LogP contribution in [0.3, 0.4) is 0 Å². The van der Waals surface area contributed by atoms with Crippen LogP contribution in [-0.2, 0) is 12.8 Å². The fraction of sp³-hybridized carbons (Fsp3) is 0.565. The molecule has 1 aromatic carbocycles. The minimum absolute atomic E-state index is 0.138. The number of carbonyl (C=O) groups excluding carboxylic acids is 1. The highest BCUT2D eigenvalue weighted by Crippen LogP contribution is 2.20. The van der Waals surface area contributed by atoms with E-state index in [1.807, 2.05) is 35.9 Å². The van der Waals surface area contributed by atoms with Gasteiger partial charge >= 0.3 is 0 Å². The van der Waals surface area contributed by atoms with Crippen LogP contribution in [0.25, 0.3) is 0 Å². The van der Waals surface area contributed by atoms with E-state index in [1.54, 1.807) is 18.1 Å². The van der Waals surface area contributed by atoms with Crippen LogP contribution in [0, 0.1) is 0 Å². The van der Waals surface area contributed by atoms with Gasteiger partial charge in [-0.1, -0.05) is 68.8 Å². The van der Waals surface area contributed by atoms with Gasteiger partial charge in [-0.2, -0.15) is 5.10 Å². The van der Waals surface area contributed by atoms with Crippen molar-refractivity contribution in [3.63, 3.8) is 0 Å². The van der Waals surface area contributed by atoms with Gasteiger partial charge in [-0.05, 0) is 43.4 Å². The molecule has 2 aromatic rings. The predicted molar refractivity (Wildman–Crippen MR) is 123 cm³/mol. The van der Waals surface area contributed by atoms with E-state index >= 15 is 0 Å². The van der Waals surface area contributed by atoms with Gasteiger partial charge in [0.1, 0.15) is 6.33 Å². The van der Waals surface area contributed by atoms with E-state index in [4.69, 9.17) is 0 Å². The van der Waals surface area contributed by atoms with Crippen LogP contribution in [0.5, 0.6) is 0 Å². The number of carbonyl (C=O) groups is 1. The molecule has 0 aliphatic heterocycles. The summed E-state index contributed by atoms with van der Waals surface area (Å²) in [7, 11) is 1.93. The molecular formula is C23H33N5OS. The molecule has 0 saturated heterocycles.